The Labute approximate surface area is 203 Å². The number of rotatable bonds is 11. The summed E-state index contributed by atoms with van der Waals surface area (Å²) in [6, 6.07) is 1.13. The summed E-state index contributed by atoms with van der Waals surface area (Å²) in [7, 11) is 4.68. The Morgan fingerprint density at radius 1 is 1.11 bits per heavy atom. The normalized spacial score (nSPS) is 15.4. The van der Waals surface area contributed by atoms with Gasteiger partial charge in [-0.15, -0.1) is 0 Å². The van der Waals surface area contributed by atoms with Gasteiger partial charge in [-0.05, 0) is 7.05 Å². The summed E-state index contributed by atoms with van der Waals surface area (Å²) in [6.45, 7) is 5.33. The molecule has 1 saturated heterocycles. The molecule has 0 spiro atoms. The van der Waals surface area contributed by atoms with E-state index in [0.29, 0.717) is 12.2 Å². The summed E-state index contributed by atoms with van der Waals surface area (Å²) in [4.78, 5) is 17.4. The average Bonchev–Trinajstić information content (AvgIpc) is 2.88. The molecule has 35 heavy (non-hydrogen) atoms. The molecule has 1 aliphatic heterocycles. The molecule has 1 fully saturated rings. The van der Waals surface area contributed by atoms with Gasteiger partial charge in [0.15, 0.2) is 28.9 Å². The maximum Gasteiger partial charge on any atom is 0.227 e. The number of nitrogens with one attached hydrogen (secondary N) is 1. The van der Waals surface area contributed by atoms with E-state index in [2.05, 4.69) is 37.1 Å². The van der Waals surface area contributed by atoms with Crippen LogP contribution >= 0.6 is 0 Å². The third-order valence-electron chi connectivity index (χ3n) is 5.48. The molecule has 190 valence electrons. The van der Waals surface area contributed by atoms with Gasteiger partial charge in [0.25, 0.3) is 0 Å². The molecule has 12 heteroatoms. The van der Waals surface area contributed by atoms with Crippen molar-refractivity contribution in [2.24, 2.45) is 10.7 Å². The fourth-order valence-corrected chi connectivity index (χ4v) is 3.35. The Balaban J connectivity index is 1.52. The van der Waals surface area contributed by atoms with Gasteiger partial charge in [0.05, 0.1) is 44.4 Å². The molecule has 1 aliphatic rings. The maximum atomic E-state index is 14.5. The van der Waals surface area contributed by atoms with E-state index in [1.54, 1.807) is 6.21 Å². The van der Waals surface area contributed by atoms with E-state index in [1.807, 2.05) is 0 Å². The summed E-state index contributed by atoms with van der Waals surface area (Å²) in [5.41, 5.74) is 5.88. The van der Waals surface area contributed by atoms with E-state index in [1.165, 1.54) is 32.8 Å². The molecule has 0 saturated carbocycles. The van der Waals surface area contributed by atoms with Crippen molar-refractivity contribution in [3.05, 3.63) is 47.6 Å². The second kappa shape index (κ2) is 12.8. The predicted molar refractivity (Wildman–Crippen MR) is 129 cm³/mol. The molecule has 2 heterocycles. The molecular weight excluding hydrogens is 460 g/mol. The zero-order chi connectivity index (χ0) is 25.2. The van der Waals surface area contributed by atoms with E-state index < -0.39 is 18.2 Å². The van der Waals surface area contributed by atoms with Crippen LogP contribution in [0.25, 0.3) is 0 Å². The third-order valence-corrected chi connectivity index (χ3v) is 5.48. The van der Waals surface area contributed by atoms with Crippen LogP contribution in [0.2, 0.25) is 0 Å². The largest absolute Gasteiger partial charge is 0.494 e. The summed E-state index contributed by atoms with van der Waals surface area (Å²) in [5.74, 6) is -1.55. The molecule has 0 unspecified atom stereocenters. The molecule has 0 aliphatic carbocycles. The number of nitrogens with zero attached hydrogens (tertiary/aromatic N) is 5. The highest BCUT2D eigenvalue weighted by Gasteiger charge is 2.20. The molecule has 0 amide bonds. The summed E-state index contributed by atoms with van der Waals surface area (Å²) in [6.07, 6.45) is 5.75. The fourth-order valence-electron chi connectivity index (χ4n) is 3.35. The molecule has 0 atom stereocenters. The monoisotopic (exact) mass is 491 g/mol. The van der Waals surface area contributed by atoms with Gasteiger partial charge in [0, 0.05) is 51.2 Å². The lowest BCUT2D eigenvalue weighted by molar-refractivity contribution is 0.157. The van der Waals surface area contributed by atoms with Crippen molar-refractivity contribution in [2.75, 3.05) is 65.9 Å². The molecule has 10 nitrogen and oxygen atoms in total. The van der Waals surface area contributed by atoms with Gasteiger partial charge in [-0.1, -0.05) is 0 Å². The number of ether oxygens (including phenoxy) is 3. The number of methoxy groups -OCH3 is 2. The number of likely N-dealkylation sites (N-methyl/N-ethyl adjacent to an activating group) is 1. The topological polar surface area (TPSA) is 110 Å². The highest BCUT2D eigenvalue weighted by atomic mass is 19.1. The van der Waals surface area contributed by atoms with Crippen LogP contribution in [-0.4, -0.2) is 86.5 Å². The summed E-state index contributed by atoms with van der Waals surface area (Å²) >= 11 is 0. The van der Waals surface area contributed by atoms with Crippen molar-refractivity contribution in [2.45, 2.75) is 6.61 Å². The number of anilines is 1. The van der Waals surface area contributed by atoms with Gasteiger partial charge in [-0.2, -0.15) is 0 Å². The standard InChI is InChI=1S/C23H31F2N7O3/c1-31-6-8-32(9-7-31)5-4-27-12-16(11-26)30-23-28-13-17(14-29-23)35-15-18-21(24)19(33-2)10-20(34-3)22(18)25/h10-14H,4-9,15,26H2,1-3H3,(H,28,29,30)/b16-11+,27-12?. The van der Waals surface area contributed by atoms with Crippen LogP contribution in [0.4, 0.5) is 14.7 Å². The van der Waals surface area contributed by atoms with Gasteiger partial charge in [0.2, 0.25) is 5.95 Å². The average molecular weight is 492 g/mol. The second-order valence-corrected chi connectivity index (χ2v) is 7.85. The lowest BCUT2D eigenvalue weighted by atomic mass is 10.1. The van der Waals surface area contributed by atoms with Crippen LogP contribution in [-0.2, 0) is 6.61 Å². The molecule has 1 aromatic carbocycles. The number of allylic oxidation sites excluding steroid dienone is 1. The van der Waals surface area contributed by atoms with Crippen LogP contribution < -0.4 is 25.3 Å². The molecule has 3 rings (SSSR count). The quantitative estimate of drug-likeness (QED) is 0.455. The lowest BCUT2D eigenvalue weighted by Gasteiger charge is -2.31. The summed E-state index contributed by atoms with van der Waals surface area (Å²) in [5, 5.41) is 2.96. The second-order valence-electron chi connectivity index (χ2n) is 7.85. The number of piperazine rings is 1. The Bertz CT molecular complexity index is 999. The molecule has 1 aromatic heterocycles. The number of hydrogen-bond donors (Lipinski definition) is 2. The number of hydrogen-bond acceptors (Lipinski definition) is 10. The lowest BCUT2D eigenvalue weighted by Crippen LogP contribution is -2.45. The Kier molecular flexibility index (Phi) is 9.56. The van der Waals surface area contributed by atoms with Crippen LogP contribution in [0, 0.1) is 11.6 Å². The number of nitrogens with two attached hydrogens (primary N) is 1. The first-order valence-corrected chi connectivity index (χ1v) is 11.1. The number of halogens is 2. The zero-order valence-corrected chi connectivity index (χ0v) is 20.1. The Morgan fingerprint density at radius 3 is 2.31 bits per heavy atom. The first kappa shape index (κ1) is 26.1. The van der Waals surface area contributed by atoms with Crippen molar-refractivity contribution >= 4 is 12.2 Å². The number of aliphatic imine (C=N–C) groups is 1. The Hall–Kier alpha value is -3.51. The van der Waals surface area contributed by atoms with E-state index in [-0.39, 0.29) is 28.8 Å². The fraction of sp³-hybridized carbons (Fsp3) is 0.435. The summed E-state index contributed by atoms with van der Waals surface area (Å²) < 4.78 is 44.3. The highest BCUT2D eigenvalue weighted by Crippen LogP contribution is 2.31. The third kappa shape index (κ3) is 7.23. The predicted octanol–water partition coefficient (Wildman–Crippen LogP) is 1.88. The van der Waals surface area contributed by atoms with Crippen LogP contribution in [0.1, 0.15) is 5.56 Å². The first-order chi connectivity index (χ1) is 16.9. The van der Waals surface area contributed by atoms with Crippen LogP contribution in [0.15, 0.2) is 35.3 Å². The van der Waals surface area contributed by atoms with Crippen molar-refractivity contribution in [1.29, 1.82) is 0 Å². The van der Waals surface area contributed by atoms with Gasteiger partial charge < -0.3 is 30.2 Å². The van der Waals surface area contributed by atoms with Gasteiger partial charge in [-0.25, -0.2) is 18.7 Å². The Morgan fingerprint density at radius 2 is 1.74 bits per heavy atom. The maximum absolute atomic E-state index is 14.5. The van der Waals surface area contributed by atoms with E-state index in [0.717, 1.165) is 38.8 Å². The van der Waals surface area contributed by atoms with E-state index in [4.69, 9.17) is 19.9 Å². The number of benzene rings is 1. The van der Waals surface area contributed by atoms with Gasteiger partial charge in [-0.3, -0.25) is 9.89 Å². The SMILES string of the molecule is COc1cc(OC)c(F)c(COc2cnc(N/C(C=NCCN3CCN(C)CC3)=C/N)nc2)c1F. The van der Waals surface area contributed by atoms with Crippen LogP contribution in [0.5, 0.6) is 17.2 Å². The first-order valence-electron chi connectivity index (χ1n) is 11.1. The highest BCUT2D eigenvalue weighted by molar-refractivity contribution is 5.81. The van der Waals surface area contributed by atoms with Crippen molar-refractivity contribution < 1.29 is 23.0 Å². The molecule has 0 bridgehead atoms. The van der Waals surface area contributed by atoms with Crippen molar-refractivity contribution in [3.63, 3.8) is 0 Å². The molecule has 2 aromatic rings. The van der Waals surface area contributed by atoms with Crippen LogP contribution in [0.3, 0.4) is 0 Å². The smallest absolute Gasteiger partial charge is 0.227 e. The molecular formula is C23H31F2N7O3. The number of aromatic nitrogens is 2. The minimum atomic E-state index is -0.866. The molecule has 3 N–H and O–H groups in total. The molecule has 0 radical (unpaired) electrons. The van der Waals surface area contributed by atoms with E-state index in [9.17, 15) is 8.78 Å². The van der Waals surface area contributed by atoms with Gasteiger partial charge in [0.1, 0.15) is 6.61 Å². The van der Waals surface area contributed by atoms with Crippen molar-refractivity contribution in [3.8, 4) is 17.2 Å². The van der Waals surface area contributed by atoms with E-state index >= 15 is 0 Å². The van der Waals surface area contributed by atoms with Gasteiger partial charge >= 0.3 is 0 Å². The van der Waals surface area contributed by atoms with Crippen molar-refractivity contribution in [1.82, 2.24) is 19.8 Å². The minimum Gasteiger partial charge on any atom is -0.494 e. The minimum absolute atomic E-state index is 0.149. The zero-order valence-electron chi connectivity index (χ0n) is 20.1.